The maximum Gasteiger partial charge on any atom is 0.226 e. The number of hydrogen-bond acceptors (Lipinski definition) is 4. The summed E-state index contributed by atoms with van der Waals surface area (Å²) in [6.07, 6.45) is 2.77. The van der Waals surface area contributed by atoms with Crippen molar-refractivity contribution in [3.8, 4) is 0 Å². The molecule has 76 valence electrons. The van der Waals surface area contributed by atoms with Crippen LogP contribution < -0.4 is 0 Å². The van der Waals surface area contributed by atoms with Crippen molar-refractivity contribution in [3.63, 3.8) is 0 Å². The molecule has 0 unspecified atom stereocenters. The summed E-state index contributed by atoms with van der Waals surface area (Å²) in [7, 11) is 0. The Hall–Kier alpha value is -1.16. The summed E-state index contributed by atoms with van der Waals surface area (Å²) < 4.78 is 5.20. The number of nitrogens with zero attached hydrogens (tertiary/aromatic N) is 1. The van der Waals surface area contributed by atoms with Crippen molar-refractivity contribution in [3.05, 3.63) is 17.3 Å². The van der Waals surface area contributed by atoms with Gasteiger partial charge in [-0.25, -0.2) is 4.98 Å². The van der Waals surface area contributed by atoms with Crippen LogP contribution in [-0.4, -0.2) is 16.4 Å². The van der Waals surface area contributed by atoms with Gasteiger partial charge in [0.15, 0.2) is 12.0 Å². The Morgan fingerprint density at radius 1 is 1.57 bits per heavy atom. The molecule has 14 heavy (non-hydrogen) atoms. The van der Waals surface area contributed by atoms with E-state index in [-0.39, 0.29) is 11.7 Å². The van der Waals surface area contributed by atoms with Crippen molar-refractivity contribution in [1.82, 2.24) is 4.98 Å². The fourth-order valence-corrected chi connectivity index (χ4v) is 1.34. The Kier molecular flexibility index (Phi) is 1.96. The standard InChI is InChI=1S/C10H13NO3/c1-10(2,13)9-11-8(6-3-4-6)7(5-12)14-9/h5-6,13H,3-4H2,1-2H3. The molecular weight excluding hydrogens is 182 g/mol. The second-order valence-electron chi connectivity index (χ2n) is 4.22. The van der Waals surface area contributed by atoms with Gasteiger partial charge in [0.05, 0.1) is 5.69 Å². The maximum absolute atomic E-state index is 10.7. The van der Waals surface area contributed by atoms with Crippen molar-refractivity contribution in [2.75, 3.05) is 0 Å². The van der Waals surface area contributed by atoms with Crippen molar-refractivity contribution in [2.24, 2.45) is 0 Å². The Bertz CT molecular complexity index is 358. The molecule has 1 aliphatic rings. The third-order valence-corrected chi connectivity index (χ3v) is 2.28. The molecule has 1 saturated carbocycles. The molecule has 2 rings (SSSR count). The van der Waals surface area contributed by atoms with Gasteiger partial charge in [-0.3, -0.25) is 4.79 Å². The Balaban J connectivity index is 2.40. The number of aldehydes is 1. The summed E-state index contributed by atoms with van der Waals surface area (Å²) in [5.74, 6) is 0.848. The molecule has 4 nitrogen and oxygen atoms in total. The molecule has 1 fully saturated rings. The highest BCUT2D eigenvalue weighted by atomic mass is 16.4. The molecule has 4 heteroatoms. The lowest BCUT2D eigenvalue weighted by Gasteiger charge is -2.10. The number of carbonyl (C=O) groups excluding carboxylic acids is 1. The zero-order chi connectivity index (χ0) is 10.3. The van der Waals surface area contributed by atoms with Crippen LogP contribution in [0.15, 0.2) is 4.42 Å². The van der Waals surface area contributed by atoms with Gasteiger partial charge in [0.1, 0.15) is 5.60 Å². The molecule has 0 amide bonds. The van der Waals surface area contributed by atoms with Crippen molar-refractivity contribution in [1.29, 1.82) is 0 Å². The lowest BCUT2D eigenvalue weighted by atomic mass is 10.1. The van der Waals surface area contributed by atoms with Crippen LogP contribution in [0.5, 0.6) is 0 Å². The Labute approximate surface area is 81.9 Å². The zero-order valence-corrected chi connectivity index (χ0v) is 8.28. The molecule has 1 aromatic heterocycles. The molecule has 1 aliphatic carbocycles. The fourth-order valence-electron chi connectivity index (χ4n) is 1.34. The molecule has 0 bridgehead atoms. The summed E-state index contributed by atoms with van der Waals surface area (Å²) in [4.78, 5) is 14.9. The van der Waals surface area contributed by atoms with Crippen LogP contribution in [0.2, 0.25) is 0 Å². The minimum absolute atomic E-state index is 0.224. The van der Waals surface area contributed by atoms with Crippen molar-refractivity contribution >= 4 is 6.29 Å². The molecule has 0 aromatic carbocycles. The summed E-state index contributed by atoms with van der Waals surface area (Å²) in [6.45, 7) is 3.17. The van der Waals surface area contributed by atoms with E-state index < -0.39 is 5.60 Å². The number of rotatable bonds is 3. The van der Waals surface area contributed by atoms with Gasteiger partial charge in [0.25, 0.3) is 0 Å². The predicted octanol–water partition coefficient (Wildman–Crippen LogP) is 1.59. The molecule has 0 radical (unpaired) electrons. The first kappa shape index (κ1) is 9.40. The topological polar surface area (TPSA) is 63.3 Å². The molecule has 0 atom stereocenters. The average Bonchev–Trinajstić information content (AvgIpc) is 2.82. The summed E-state index contributed by atoms with van der Waals surface area (Å²) in [6, 6.07) is 0. The highest BCUT2D eigenvalue weighted by Crippen LogP contribution is 2.41. The Morgan fingerprint density at radius 2 is 2.21 bits per heavy atom. The summed E-state index contributed by atoms with van der Waals surface area (Å²) in [5, 5.41) is 9.65. The van der Waals surface area contributed by atoms with Gasteiger partial charge < -0.3 is 9.52 Å². The third-order valence-electron chi connectivity index (χ3n) is 2.28. The smallest absolute Gasteiger partial charge is 0.226 e. The van der Waals surface area contributed by atoms with E-state index in [1.54, 1.807) is 13.8 Å². The Morgan fingerprint density at radius 3 is 2.64 bits per heavy atom. The van der Waals surface area contributed by atoms with E-state index >= 15 is 0 Å². The van der Waals surface area contributed by atoms with Crippen LogP contribution in [0.25, 0.3) is 0 Å². The quantitative estimate of drug-likeness (QED) is 0.744. The number of oxazole rings is 1. The van der Waals surface area contributed by atoms with Gasteiger partial charge in [-0.1, -0.05) is 0 Å². The van der Waals surface area contributed by atoms with E-state index in [4.69, 9.17) is 4.42 Å². The largest absolute Gasteiger partial charge is 0.434 e. The third kappa shape index (κ3) is 1.57. The van der Waals surface area contributed by atoms with E-state index in [1.165, 1.54) is 0 Å². The van der Waals surface area contributed by atoms with E-state index in [2.05, 4.69) is 4.98 Å². The fraction of sp³-hybridized carbons (Fsp3) is 0.600. The highest BCUT2D eigenvalue weighted by Gasteiger charge is 2.33. The number of carbonyl (C=O) groups is 1. The second kappa shape index (κ2) is 2.92. The average molecular weight is 195 g/mol. The first-order valence-electron chi connectivity index (χ1n) is 4.71. The normalized spacial score (nSPS) is 17.1. The van der Waals surface area contributed by atoms with Crippen LogP contribution in [-0.2, 0) is 5.60 Å². The van der Waals surface area contributed by atoms with Crippen LogP contribution in [0.3, 0.4) is 0 Å². The first-order valence-corrected chi connectivity index (χ1v) is 4.71. The van der Waals surface area contributed by atoms with Gasteiger partial charge >= 0.3 is 0 Å². The molecule has 1 heterocycles. The van der Waals surface area contributed by atoms with E-state index in [0.29, 0.717) is 17.9 Å². The minimum Gasteiger partial charge on any atom is -0.434 e. The lowest BCUT2D eigenvalue weighted by molar-refractivity contribution is 0.0473. The molecule has 0 saturated heterocycles. The highest BCUT2D eigenvalue weighted by molar-refractivity contribution is 5.72. The van der Waals surface area contributed by atoms with Crippen LogP contribution in [0.4, 0.5) is 0 Å². The predicted molar refractivity (Wildman–Crippen MR) is 49.1 cm³/mol. The summed E-state index contributed by atoms with van der Waals surface area (Å²) >= 11 is 0. The molecule has 1 aromatic rings. The van der Waals surface area contributed by atoms with E-state index in [0.717, 1.165) is 12.8 Å². The van der Waals surface area contributed by atoms with Crippen molar-refractivity contribution < 1.29 is 14.3 Å². The van der Waals surface area contributed by atoms with E-state index in [1.807, 2.05) is 0 Å². The van der Waals surface area contributed by atoms with Gasteiger partial charge in [0, 0.05) is 5.92 Å². The number of aliphatic hydroxyl groups is 1. The van der Waals surface area contributed by atoms with Gasteiger partial charge in [-0.15, -0.1) is 0 Å². The zero-order valence-electron chi connectivity index (χ0n) is 8.28. The minimum atomic E-state index is -1.12. The number of aromatic nitrogens is 1. The maximum atomic E-state index is 10.7. The van der Waals surface area contributed by atoms with Crippen LogP contribution in [0.1, 0.15) is 54.7 Å². The second-order valence-corrected chi connectivity index (χ2v) is 4.22. The SMILES string of the molecule is CC(C)(O)c1nc(C2CC2)c(C=O)o1. The lowest BCUT2D eigenvalue weighted by Crippen LogP contribution is -2.15. The van der Waals surface area contributed by atoms with Gasteiger partial charge in [-0.05, 0) is 26.7 Å². The number of hydrogen-bond donors (Lipinski definition) is 1. The molecule has 0 aliphatic heterocycles. The monoisotopic (exact) mass is 195 g/mol. The van der Waals surface area contributed by atoms with Gasteiger partial charge in [0.2, 0.25) is 5.89 Å². The molecular formula is C10H13NO3. The van der Waals surface area contributed by atoms with Crippen LogP contribution in [0, 0.1) is 0 Å². The van der Waals surface area contributed by atoms with Crippen LogP contribution >= 0.6 is 0 Å². The molecule has 0 spiro atoms. The van der Waals surface area contributed by atoms with Gasteiger partial charge in [-0.2, -0.15) is 0 Å². The van der Waals surface area contributed by atoms with E-state index in [9.17, 15) is 9.90 Å². The summed E-state index contributed by atoms with van der Waals surface area (Å²) in [5.41, 5.74) is -0.414. The first-order chi connectivity index (χ1) is 6.52. The molecule has 1 N–H and O–H groups in total. The van der Waals surface area contributed by atoms with Crippen molar-refractivity contribution in [2.45, 2.75) is 38.2 Å².